The molecular formula is C71H90O7. The van der Waals surface area contributed by atoms with Gasteiger partial charge in [-0.2, -0.15) is 0 Å². The second-order valence-electron chi connectivity index (χ2n) is 28.5. The lowest BCUT2D eigenvalue weighted by atomic mass is 9.79. The highest BCUT2D eigenvalue weighted by molar-refractivity contribution is 5.97. The maximum absolute atomic E-state index is 15.9. The topological polar surface area (TPSA) is 76.4 Å². The number of hydrogen-bond acceptors (Lipinski definition) is 7. The Kier molecular flexibility index (Phi) is 15.2. The summed E-state index contributed by atoms with van der Waals surface area (Å²) in [4.78, 5) is 15.9. The fraction of sp³-hybridized carbons (Fsp3) is 0.479. The van der Waals surface area contributed by atoms with E-state index in [0.717, 1.165) is 89.8 Å². The van der Waals surface area contributed by atoms with Crippen LogP contribution in [0.15, 0.2) is 75.9 Å². The van der Waals surface area contributed by atoms with E-state index in [-0.39, 0.29) is 32.5 Å². The normalized spacial score (nSPS) is 13.9. The first kappa shape index (κ1) is 58.0. The molecule has 416 valence electrons. The van der Waals surface area contributed by atoms with Gasteiger partial charge in [0.25, 0.3) is 0 Å². The average molecular weight is 1060 g/mol. The van der Waals surface area contributed by atoms with Crippen LogP contribution in [0.2, 0.25) is 0 Å². The largest absolute Gasteiger partial charge is 0.496 e. The first-order valence-electron chi connectivity index (χ1n) is 28.1. The van der Waals surface area contributed by atoms with Gasteiger partial charge in [-0.05, 0) is 117 Å². The molecule has 0 unspecified atom stereocenters. The summed E-state index contributed by atoms with van der Waals surface area (Å²) in [6, 6.07) is 25.1. The van der Waals surface area contributed by atoms with Crippen LogP contribution in [-0.2, 0) is 64.6 Å². The molecule has 0 amide bonds. The molecule has 10 bridgehead atoms. The fourth-order valence-electron chi connectivity index (χ4n) is 11.6. The molecule has 7 heteroatoms. The molecule has 0 saturated carbocycles. The highest BCUT2D eigenvalue weighted by Gasteiger charge is 2.32. The number of ether oxygens (including phenoxy) is 5. The van der Waals surface area contributed by atoms with Crippen LogP contribution in [0.4, 0.5) is 0 Å². The summed E-state index contributed by atoms with van der Waals surface area (Å²) in [5.41, 5.74) is 16.5. The van der Waals surface area contributed by atoms with Crippen molar-refractivity contribution in [1.82, 2.24) is 0 Å². The smallest absolute Gasteiger partial charge is 0.204 e. The lowest BCUT2D eigenvalue weighted by molar-refractivity contribution is 0.396. The van der Waals surface area contributed by atoms with E-state index >= 15 is 4.79 Å². The van der Waals surface area contributed by atoms with Crippen LogP contribution >= 0.6 is 0 Å². The summed E-state index contributed by atoms with van der Waals surface area (Å²) in [7, 11) is 8.82. The second-order valence-corrected chi connectivity index (χ2v) is 28.5. The summed E-state index contributed by atoms with van der Waals surface area (Å²) in [6.07, 6.45) is 2.56. The Morgan fingerprint density at radius 2 is 0.551 bits per heavy atom. The van der Waals surface area contributed by atoms with Gasteiger partial charge in [-0.25, -0.2) is 0 Å². The van der Waals surface area contributed by atoms with Crippen molar-refractivity contribution in [1.29, 1.82) is 0 Å². The Morgan fingerprint density at radius 1 is 0.308 bits per heavy atom. The number of rotatable bonds is 5. The van der Waals surface area contributed by atoms with E-state index < -0.39 is 5.41 Å². The van der Waals surface area contributed by atoms with Crippen LogP contribution in [0.3, 0.4) is 0 Å². The van der Waals surface area contributed by atoms with Crippen molar-refractivity contribution < 1.29 is 28.1 Å². The van der Waals surface area contributed by atoms with Crippen molar-refractivity contribution in [2.24, 2.45) is 0 Å². The van der Waals surface area contributed by atoms with Gasteiger partial charge in [-0.3, -0.25) is 4.79 Å². The minimum absolute atomic E-state index is 0.118. The third kappa shape index (κ3) is 11.2. The van der Waals surface area contributed by atoms with Gasteiger partial charge in [0.1, 0.15) is 45.3 Å². The number of fused-ring (bicyclic) bond motifs is 8. The Morgan fingerprint density at radius 3 is 0.808 bits per heavy atom. The van der Waals surface area contributed by atoms with Crippen LogP contribution in [0.5, 0.6) is 28.7 Å². The SMILES string of the molecule is COc1c2cc(C(C)(C)C)cc1Cc1cc(C(C)(C)C)cc(c1OC)Cc1cc(C(C)(C)C)cc3c(=O)c4c(OC)c(C(C)(C)C)cc(c4oc13)Cc1cc(C(C)(C)C)cc(c1OC)Cc1cc(C(C)(C)C)cc(c1OC)C2. The maximum atomic E-state index is 15.9. The molecule has 0 spiro atoms. The third-order valence-corrected chi connectivity index (χ3v) is 16.2. The number of benzene rings is 6. The second kappa shape index (κ2) is 20.5. The zero-order chi connectivity index (χ0) is 57.6. The van der Waals surface area contributed by atoms with Gasteiger partial charge in [0.05, 0.1) is 40.9 Å². The summed E-state index contributed by atoms with van der Waals surface area (Å²) >= 11 is 0. The predicted molar refractivity (Wildman–Crippen MR) is 325 cm³/mol. The highest BCUT2D eigenvalue weighted by atomic mass is 16.5. The summed E-state index contributed by atoms with van der Waals surface area (Å²) < 4.78 is 40.3. The van der Waals surface area contributed by atoms with E-state index in [1.54, 1.807) is 35.5 Å². The summed E-state index contributed by atoms with van der Waals surface area (Å²) in [5.74, 6) is 3.83. The highest BCUT2D eigenvalue weighted by Crippen LogP contribution is 2.46. The van der Waals surface area contributed by atoms with Crippen molar-refractivity contribution >= 4 is 21.9 Å². The lowest BCUT2D eigenvalue weighted by Crippen LogP contribution is -2.18. The van der Waals surface area contributed by atoms with Crippen molar-refractivity contribution in [3.8, 4) is 28.7 Å². The van der Waals surface area contributed by atoms with Crippen LogP contribution < -0.4 is 29.1 Å². The van der Waals surface area contributed by atoms with Crippen molar-refractivity contribution in [2.75, 3.05) is 35.5 Å². The molecular weight excluding hydrogens is 965 g/mol. The van der Waals surface area contributed by atoms with E-state index in [2.05, 4.69) is 185 Å². The quantitative estimate of drug-likeness (QED) is 0.159. The molecule has 0 aliphatic carbocycles. The molecule has 0 saturated heterocycles. The number of hydrogen-bond donors (Lipinski definition) is 0. The standard InChI is InChI=1S/C71H90O7/c1-66(2,3)50-29-40-24-41-30-51(67(4,5)6)32-43(60(41)74-20)26-45-34-53(69(10,11)12)36-47(62(45)76-22)28-49-38-56(71(16,17)18)65(77-23)57-58(72)55-39-54(70(13,14)15)37-48(63(55)78-64(49)57)27-46-35-52(68(7,8)9)33-44(61(46)75-21)25-42(31-50)59(40)73-19/h29-39H,24-28H2,1-23H3. The molecule has 1 aliphatic heterocycles. The van der Waals surface area contributed by atoms with Gasteiger partial charge >= 0.3 is 0 Å². The van der Waals surface area contributed by atoms with E-state index in [9.17, 15) is 0 Å². The maximum Gasteiger partial charge on any atom is 0.204 e. The van der Waals surface area contributed by atoms with Gasteiger partial charge in [-0.1, -0.05) is 179 Å². The average Bonchev–Trinajstić information content (AvgIpc) is 3.48. The first-order valence-corrected chi connectivity index (χ1v) is 28.1. The molecule has 7 aromatic rings. The summed E-state index contributed by atoms with van der Waals surface area (Å²) in [5, 5.41) is 0.972. The van der Waals surface area contributed by atoms with E-state index in [0.29, 0.717) is 59.8 Å². The molecule has 1 aromatic heterocycles. The van der Waals surface area contributed by atoms with Crippen LogP contribution in [0, 0.1) is 0 Å². The monoisotopic (exact) mass is 1050 g/mol. The molecule has 7 nitrogen and oxygen atoms in total. The van der Waals surface area contributed by atoms with Gasteiger partial charge in [-0.15, -0.1) is 0 Å². The molecule has 0 fully saturated rings. The molecule has 1 aliphatic rings. The Hall–Kier alpha value is -6.21. The Bertz CT molecular complexity index is 3520. The lowest BCUT2D eigenvalue weighted by Gasteiger charge is -2.28. The third-order valence-electron chi connectivity index (χ3n) is 16.2. The van der Waals surface area contributed by atoms with Gasteiger partial charge in [0, 0.05) is 48.8 Å². The molecule has 8 rings (SSSR count). The molecule has 0 radical (unpaired) electrons. The number of methoxy groups -OCH3 is 5. The van der Waals surface area contributed by atoms with Crippen molar-refractivity contribution in [3.63, 3.8) is 0 Å². The zero-order valence-corrected chi connectivity index (χ0v) is 51.7. The van der Waals surface area contributed by atoms with Crippen molar-refractivity contribution in [2.45, 2.75) is 189 Å². The van der Waals surface area contributed by atoms with Gasteiger partial charge < -0.3 is 28.1 Å². The Labute approximate surface area is 467 Å². The molecule has 78 heavy (non-hydrogen) atoms. The fourth-order valence-corrected chi connectivity index (χ4v) is 11.6. The first-order chi connectivity index (χ1) is 36.1. The van der Waals surface area contributed by atoms with E-state index in [1.165, 1.54) is 22.3 Å². The van der Waals surface area contributed by atoms with Crippen LogP contribution in [0.1, 0.15) is 214 Å². The summed E-state index contributed by atoms with van der Waals surface area (Å²) in [6.45, 7) is 40.4. The van der Waals surface area contributed by atoms with E-state index in [4.69, 9.17) is 28.1 Å². The van der Waals surface area contributed by atoms with E-state index in [1.807, 2.05) is 6.07 Å². The molecule has 0 atom stereocenters. The molecule has 6 aromatic carbocycles. The zero-order valence-electron chi connectivity index (χ0n) is 51.7. The van der Waals surface area contributed by atoms with Gasteiger partial charge in [0.2, 0.25) is 5.43 Å². The molecule has 0 N–H and O–H groups in total. The van der Waals surface area contributed by atoms with Crippen molar-refractivity contribution in [3.05, 3.63) is 166 Å². The molecule has 2 heterocycles. The minimum Gasteiger partial charge on any atom is -0.496 e. The minimum atomic E-state index is -0.392. The van der Waals surface area contributed by atoms with Crippen LogP contribution in [-0.4, -0.2) is 35.5 Å². The Balaban J connectivity index is 1.60. The van der Waals surface area contributed by atoms with Gasteiger partial charge in [0.15, 0.2) is 0 Å². The predicted octanol–water partition coefficient (Wildman–Crippen LogP) is 17.0. The van der Waals surface area contributed by atoms with Crippen LogP contribution in [0.25, 0.3) is 21.9 Å².